The maximum atomic E-state index is 12.9. The van der Waals surface area contributed by atoms with E-state index in [4.69, 9.17) is 9.97 Å². The lowest BCUT2D eigenvalue weighted by Crippen LogP contribution is -2.48. The number of sulfonamides is 1. The summed E-state index contributed by atoms with van der Waals surface area (Å²) in [6, 6.07) is 4.85. The van der Waals surface area contributed by atoms with Crippen LogP contribution in [0.4, 0.5) is 5.95 Å². The average Bonchev–Trinajstić information content (AvgIpc) is 3.69. The Morgan fingerprint density at radius 3 is 2.38 bits per heavy atom. The highest BCUT2D eigenvalue weighted by molar-refractivity contribution is 7.89. The minimum absolute atomic E-state index is 0.0600. The molecule has 4 aromatic rings. The summed E-state index contributed by atoms with van der Waals surface area (Å²) in [4.78, 5) is 23.3. The molecule has 1 N–H and O–H groups in total. The first-order valence-electron chi connectivity index (χ1n) is 15.6. The van der Waals surface area contributed by atoms with Gasteiger partial charge in [-0.2, -0.15) is 9.40 Å². The van der Waals surface area contributed by atoms with E-state index in [2.05, 4.69) is 56.2 Å². The summed E-state index contributed by atoms with van der Waals surface area (Å²) in [5.41, 5.74) is 5.58. The third-order valence-corrected chi connectivity index (χ3v) is 10.6. The van der Waals surface area contributed by atoms with Crippen LogP contribution in [0.3, 0.4) is 0 Å². The molecule has 4 aromatic heterocycles. The van der Waals surface area contributed by atoms with Gasteiger partial charge in [0.15, 0.2) is 5.03 Å². The monoisotopic (exact) mass is 633 g/mol. The number of aryl methyl sites for hydroxylation is 3. The summed E-state index contributed by atoms with van der Waals surface area (Å²) in [6.45, 7) is 14.5. The van der Waals surface area contributed by atoms with E-state index >= 15 is 0 Å². The van der Waals surface area contributed by atoms with E-state index < -0.39 is 10.0 Å². The fraction of sp³-hybridized carbons (Fsp3) is 0.516. The fourth-order valence-electron chi connectivity index (χ4n) is 6.06. The highest BCUT2D eigenvalue weighted by Crippen LogP contribution is 2.25. The van der Waals surface area contributed by atoms with Crippen molar-refractivity contribution in [3.8, 4) is 16.9 Å². The number of pyridine rings is 1. The number of piperazine rings is 1. The first-order valence-corrected chi connectivity index (χ1v) is 17.1. The largest absolute Gasteiger partial charge is 0.351 e. The molecule has 13 nitrogen and oxygen atoms in total. The van der Waals surface area contributed by atoms with Gasteiger partial charge in [-0.3, -0.25) is 14.8 Å². The second-order valence-electron chi connectivity index (χ2n) is 12.4. The van der Waals surface area contributed by atoms with Crippen molar-refractivity contribution in [3.05, 3.63) is 60.2 Å². The molecule has 2 saturated heterocycles. The SMILES string of the molecule is Cc1cnc(NC2CCN(S(=O)(=O)c3cn(C)cn3)CC2)nc1-c1cnn(-c2ccc(CN3CCN(C(C)C)CC3)nc2C)c1. The molecular weight excluding hydrogens is 590 g/mol. The van der Waals surface area contributed by atoms with Crippen LogP contribution in [0.25, 0.3) is 16.9 Å². The Balaban J connectivity index is 1.09. The Morgan fingerprint density at radius 1 is 0.956 bits per heavy atom. The van der Waals surface area contributed by atoms with Gasteiger partial charge in [-0.15, -0.1) is 0 Å². The van der Waals surface area contributed by atoms with Crippen LogP contribution in [-0.4, -0.2) is 108 Å². The van der Waals surface area contributed by atoms with Crippen LogP contribution < -0.4 is 5.32 Å². The summed E-state index contributed by atoms with van der Waals surface area (Å²) in [5, 5.41) is 8.16. The van der Waals surface area contributed by atoms with E-state index in [9.17, 15) is 8.42 Å². The van der Waals surface area contributed by atoms with Gasteiger partial charge in [0.25, 0.3) is 10.0 Å². The summed E-state index contributed by atoms with van der Waals surface area (Å²) in [6.07, 6.45) is 9.94. The predicted octanol–water partition coefficient (Wildman–Crippen LogP) is 2.87. The van der Waals surface area contributed by atoms with Crippen LogP contribution in [0.5, 0.6) is 0 Å². The molecule has 2 aliphatic rings. The van der Waals surface area contributed by atoms with Crippen molar-refractivity contribution in [1.82, 2.24) is 48.4 Å². The van der Waals surface area contributed by atoms with Gasteiger partial charge in [0, 0.05) is 89.1 Å². The molecule has 0 atom stereocenters. The number of hydrogen-bond acceptors (Lipinski definition) is 10. The van der Waals surface area contributed by atoms with Crippen LogP contribution >= 0.6 is 0 Å². The van der Waals surface area contributed by atoms with Crippen molar-refractivity contribution in [2.45, 2.75) is 64.2 Å². The second kappa shape index (κ2) is 12.9. The van der Waals surface area contributed by atoms with E-state index in [1.807, 2.05) is 37.1 Å². The van der Waals surface area contributed by atoms with Gasteiger partial charge >= 0.3 is 0 Å². The lowest BCUT2D eigenvalue weighted by Gasteiger charge is -2.36. The lowest BCUT2D eigenvalue weighted by molar-refractivity contribution is 0.103. The molecule has 0 amide bonds. The molecule has 6 heterocycles. The van der Waals surface area contributed by atoms with Gasteiger partial charge in [-0.1, -0.05) is 0 Å². The Bertz CT molecular complexity index is 1730. The van der Waals surface area contributed by atoms with Crippen LogP contribution in [0.15, 0.2) is 48.3 Å². The van der Waals surface area contributed by atoms with Crippen LogP contribution in [-0.2, 0) is 23.6 Å². The molecular formula is C31H43N11O2S. The molecule has 0 radical (unpaired) electrons. The first-order chi connectivity index (χ1) is 21.6. The van der Waals surface area contributed by atoms with Crippen LogP contribution in [0.1, 0.15) is 43.6 Å². The zero-order chi connectivity index (χ0) is 31.7. The molecule has 14 heteroatoms. The number of anilines is 1. The second-order valence-corrected chi connectivity index (χ2v) is 14.3. The van der Waals surface area contributed by atoms with Crippen molar-refractivity contribution >= 4 is 16.0 Å². The first kappa shape index (κ1) is 31.3. The molecule has 45 heavy (non-hydrogen) atoms. The Kier molecular flexibility index (Phi) is 9.00. The van der Waals surface area contributed by atoms with Crippen molar-refractivity contribution in [2.75, 3.05) is 44.6 Å². The van der Waals surface area contributed by atoms with E-state index in [0.717, 1.165) is 66.6 Å². The molecule has 6 rings (SSSR count). The molecule has 0 bridgehead atoms. The molecule has 0 aliphatic carbocycles. The number of imidazole rings is 1. The molecule has 0 spiro atoms. The fourth-order valence-corrected chi connectivity index (χ4v) is 7.50. The Morgan fingerprint density at radius 2 is 1.71 bits per heavy atom. The number of aromatic nitrogens is 7. The number of piperidine rings is 1. The van der Waals surface area contributed by atoms with Crippen molar-refractivity contribution < 1.29 is 8.42 Å². The maximum Gasteiger partial charge on any atom is 0.262 e. The van der Waals surface area contributed by atoms with Gasteiger partial charge < -0.3 is 9.88 Å². The highest BCUT2D eigenvalue weighted by atomic mass is 32.2. The summed E-state index contributed by atoms with van der Waals surface area (Å²) >= 11 is 0. The summed E-state index contributed by atoms with van der Waals surface area (Å²) in [7, 11) is -1.84. The average molecular weight is 634 g/mol. The minimum Gasteiger partial charge on any atom is -0.351 e. The van der Waals surface area contributed by atoms with Crippen LogP contribution in [0.2, 0.25) is 0 Å². The Labute approximate surface area is 265 Å². The van der Waals surface area contributed by atoms with E-state index in [1.54, 1.807) is 11.6 Å². The van der Waals surface area contributed by atoms with Gasteiger partial charge in [-0.25, -0.2) is 28.1 Å². The molecule has 0 saturated carbocycles. The third kappa shape index (κ3) is 6.93. The van der Waals surface area contributed by atoms with Gasteiger partial charge in [-0.05, 0) is 58.2 Å². The summed E-state index contributed by atoms with van der Waals surface area (Å²) < 4.78 is 30.9. The predicted molar refractivity (Wildman–Crippen MR) is 172 cm³/mol. The quantitative estimate of drug-likeness (QED) is 0.294. The lowest BCUT2D eigenvalue weighted by atomic mass is 10.1. The van der Waals surface area contributed by atoms with Crippen molar-refractivity contribution in [1.29, 1.82) is 0 Å². The normalized spacial score (nSPS) is 17.7. The van der Waals surface area contributed by atoms with Crippen molar-refractivity contribution in [2.24, 2.45) is 7.05 Å². The number of hydrogen-bond donors (Lipinski definition) is 1. The number of nitrogens with zero attached hydrogens (tertiary/aromatic N) is 10. The van der Waals surface area contributed by atoms with Crippen LogP contribution in [0, 0.1) is 13.8 Å². The molecule has 0 unspecified atom stereocenters. The van der Waals surface area contributed by atoms with Gasteiger partial charge in [0.1, 0.15) is 0 Å². The topological polar surface area (TPSA) is 130 Å². The van der Waals surface area contributed by atoms with E-state index in [1.165, 1.54) is 16.8 Å². The number of rotatable bonds is 9. The standard InChI is InChI=1S/C31H43N11O2S/c1-22(2)40-14-12-39(13-15-40)19-27-6-7-28(24(4)35-27)42-18-25(17-34-42)30-23(3)16-32-31(37-30)36-26-8-10-41(11-9-26)45(43,44)29-20-38(5)21-33-29/h6-7,16-18,20-22,26H,8-15,19H2,1-5H3,(H,32,36,37). The van der Waals surface area contributed by atoms with E-state index in [-0.39, 0.29) is 11.1 Å². The van der Waals surface area contributed by atoms with E-state index in [0.29, 0.717) is 37.9 Å². The number of nitrogens with one attached hydrogen (secondary N) is 1. The summed E-state index contributed by atoms with van der Waals surface area (Å²) in [5.74, 6) is 0.519. The zero-order valence-electron chi connectivity index (χ0n) is 26.8. The highest BCUT2D eigenvalue weighted by Gasteiger charge is 2.31. The zero-order valence-corrected chi connectivity index (χ0v) is 27.6. The van der Waals surface area contributed by atoms with Gasteiger partial charge in [0.2, 0.25) is 5.95 Å². The third-order valence-electron chi connectivity index (χ3n) is 8.79. The van der Waals surface area contributed by atoms with Crippen molar-refractivity contribution in [3.63, 3.8) is 0 Å². The minimum atomic E-state index is -3.60. The smallest absolute Gasteiger partial charge is 0.262 e. The van der Waals surface area contributed by atoms with Gasteiger partial charge in [0.05, 0.1) is 35.3 Å². The molecule has 2 aliphatic heterocycles. The molecule has 2 fully saturated rings. The molecule has 240 valence electrons. The maximum absolute atomic E-state index is 12.9. The Hall–Kier alpha value is -3.72. The molecule has 0 aromatic carbocycles.